The highest BCUT2D eigenvalue weighted by atomic mass is 16.5. The van der Waals surface area contributed by atoms with Crippen molar-refractivity contribution in [3.63, 3.8) is 0 Å². The van der Waals surface area contributed by atoms with Gasteiger partial charge >= 0.3 is 11.9 Å². The first kappa shape index (κ1) is 17.9. The molecule has 0 aliphatic carbocycles. The predicted octanol–water partition coefficient (Wildman–Crippen LogP) is 0.366. The maximum Gasteiger partial charge on any atom is 0.307 e. The highest BCUT2D eigenvalue weighted by Crippen LogP contribution is 1.93. The highest BCUT2D eigenvalue weighted by molar-refractivity contribution is 5.69. The van der Waals surface area contributed by atoms with Crippen LogP contribution in [0.4, 0.5) is 0 Å². The number of nitrogens with zero attached hydrogens (tertiary/aromatic N) is 2. The lowest BCUT2D eigenvalue weighted by atomic mass is 10.4. The Kier molecular flexibility index (Phi) is 10.1. The van der Waals surface area contributed by atoms with Crippen molar-refractivity contribution in [2.45, 2.75) is 19.8 Å². The molecule has 0 amide bonds. The average Bonchev–Trinajstić information content (AvgIpc) is 2.31. The molecular formula is C13H26N2O4. The van der Waals surface area contributed by atoms with E-state index in [0.29, 0.717) is 32.7 Å². The molecule has 0 saturated heterocycles. The van der Waals surface area contributed by atoms with E-state index in [4.69, 9.17) is 9.47 Å². The monoisotopic (exact) mass is 274 g/mol. The molecule has 0 aliphatic heterocycles. The van der Waals surface area contributed by atoms with Crippen molar-refractivity contribution in [3.8, 4) is 0 Å². The Morgan fingerprint density at radius 2 is 1.63 bits per heavy atom. The fraction of sp³-hybridized carbons (Fsp3) is 0.846. The van der Waals surface area contributed by atoms with Crippen molar-refractivity contribution < 1.29 is 19.1 Å². The molecule has 0 aliphatic rings. The smallest absolute Gasteiger partial charge is 0.307 e. The first-order valence-corrected chi connectivity index (χ1v) is 6.54. The van der Waals surface area contributed by atoms with Gasteiger partial charge in [-0.3, -0.25) is 9.59 Å². The Hall–Kier alpha value is -1.14. The third-order valence-corrected chi connectivity index (χ3v) is 2.49. The molecular weight excluding hydrogens is 248 g/mol. The lowest BCUT2D eigenvalue weighted by Crippen LogP contribution is -2.27. The van der Waals surface area contributed by atoms with Gasteiger partial charge in [0.25, 0.3) is 0 Å². The van der Waals surface area contributed by atoms with Crippen LogP contribution in [0, 0.1) is 0 Å². The third-order valence-electron chi connectivity index (χ3n) is 2.49. The summed E-state index contributed by atoms with van der Waals surface area (Å²) in [6.07, 6.45) is 1.21. The summed E-state index contributed by atoms with van der Waals surface area (Å²) in [5.41, 5.74) is 0. The lowest BCUT2D eigenvalue weighted by molar-refractivity contribution is -0.145. The molecule has 0 atom stereocenters. The quantitative estimate of drug-likeness (QED) is 0.424. The summed E-state index contributed by atoms with van der Waals surface area (Å²) in [5, 5.41) is 0. The Balaban J connectivity index is 3.47. The summed E-state index contributed by atoms with van der Waals surface area (Å²) in [4.78, 5) is 26.0. The molecule has 0 heterocycles. The Morgan fingerprint density at radius 3 is 2.21 bits per heavy atom. The molecule has 0 fully saturated rings. The van der Waals surface area contributed by atoms with Crippen molar-refractivity contribution >= 4 is 11.9 Å². The summed E-state index contributed by atoms with van der Waals surface area (Å²) >= 11 is 0. The van der Waals surface area contributed by atoms with E-state index in [0.717, 1.165) is 13.0 Å². The first-order chi connectivity index (χ1) is 8.91. The summed E-state index contributed by atoms with van der Waals surface area (Å²) in [6.45, 7) is 4.33. The topological polar surface area (TPSA) is 59.1 Å². The molecule has 0 N–H and O–H groups in total. The lowest BCUT2D eigenvalue weighted by Gasteiger charge is -2.15. The van der Waals surface area contributed by atoms with Crippen LogP contribution in [0.15, 0.2) is 0 Å². The van der Waals surface area contributed by atoms with Crippen LogP contribution >= 0.6 is 0 Å². The van der Waals surface area contributed by atoms with Crippen molar-refractivity contribution in [1.29, 1.82) is 0 Å². The van der Waals surface area contributed by atoms with Crippen LogP contribution in [0.1, 0.15) is 19.8 Å². The maximum atomic E-state index is 11.4. The SMILES string of the molecule is CC(=O)OCCN(C)CCC(=O)OCCCN(C)C. The summed E-state index contributed by atoms with van der Waals surface area (Å²) in [5.74, 6) is -0.466. The molecule has 0 bridgehead atoms. The molecule has 6 nitrogen and oxygen atoms in total. The molecule has 0 spiro atoms. The number of carbonyl (C=O) groups excluding carboxylic acids is 2. The van der Waals surface area contributed by atoms with E-state index in [2.05, 4.69) is 4.90 Å². The number of hydrogen-bond donors (Lipinski definition) is 0. The van der Waals surface area contributed by atoms with Crippen LogP contribution in [-0.4, -0.2) is 75.7 Å². The number of hydrogen-bond acceptors (Lipinski definition) is 6. The molecule has 0 unspecified atom stereocenters. The van der Waals surface area contributed by atoms with E-state index in [9.17, 15) is 9.59 Å². The van der Waals surface area contributed by atoms with Crippen molar-refractivity contribution in [2.75, 3.05) is 54.0 Å². The maximum absolute atomic E-state index is 11.4. The zero-order chi connectivity index (χ0) is 14.7. The Morgan fingerprint density at radius 1 is 0.947 bits per heavy atom. The van der Waals surface area contributed by atoms with E-state index in [1.165, 1.54) is 6.92 Å². The van der Waals surface area contributed by atoms with E-state index in [-0.39, 0.29) is 11.9 Å². The molecule has 6 heteroatoms. The number of ether oxygens (including phenoxy) is 2. The fourth-order valence-electron chi connectivity index (χ4n) is 1.38. The largest absolute Gasteiger partial charge is 0.466 e. The second kappa shape index (κ2) is 10.8. The molecule has 19 heavy (non-hydrogen) atoms. The molecule has 0 radical (unpaired) electrons. The second-order valence-corrected chi connectivity index (χ2v) is 4.77. The van der Waals surface area contributed by atoms with Gasteiger partial charge in [-0.2, -0.15) is 0 Å². The minimum atomic E-state index is -0.284. The standard InChI is InChI=1S/C13H26N2O4/c1-12(16)18-11-9-15(4)8-6-13(17)19-10-5-7-14(2)3/h5-11H2,1-4H3. The van der Waals surface area contributed by atoms with Crippen LogP contribution in [0.2, 0.25) is 0 Å². The van der Waals surface area contributed by atoms with Crippen LogP contribution in [0.3, 0.4) is 0 Å². The van der Waals surface area contributed by atoms with E-state index >= 15 is 0 Å². The molecule has 0 aromatic rings. The van der Waals surface area contributed by atoms with Gasteiger partial charge in [0.2, 0.25) is 0 Å². The minimum Gasteiger partial charge on any atom is -0.466 e. The highest BCUT2D eigenvalue weighted by Gasteiger charge is 2.06. The predicted molar refractivity (Wildman–Crippen MR) is 72.9 cm³/mol. The van der Waals surface area contributed by atoms with Gasteiger partial charge in [0.1, 0.15) is 6.61 Å². The summed E-state index contributed by atoms with van der Waals surface area (Å²) < 4.78 is 9.93. The van der Waals surface area contributed by atoms with Gasteiger partial charge in [0, 0.05) is 26.6 Å². The zero-order valence-corrected chi connectivity index (χ0v) is 12.5. The zero-order valence-electron chi connectivity index (χ0n) is 12.5. The number of likely N-dealkylation sites (N-methyl/N-ethyl adjacent to an activating group) is 1. The minimum absolute atomic E-state index is 0.182. The third kappa shape index (κ3) is 13.1. The van der Waals surface area contributed by atoms with Crippen molar-refractivity contribution in [3.05, 3.63) is 0 Å². The summed E-state index contributed by atoms with van der Waals surface area (Å²) in [6, 6.07) is 0. The summed E-state index contributed by atoms with van der Waals surface area (Å²) in [7, 11) is 5.85. The molecule has 0 rings (SSSR count). The number of carbonyl (C=O) groups is 2. The second-order valence-electron chi connectivity index (χ2n) is 4.77. The van der Waals surface area contributed by atoms with Crippen LogP contribution < -0.4 is 0 Å². The van der Waals surface area contributed by atoms with Gasteiger partial charge in [-0.25, -0.2) is 0 Å². The number of rotatable bonds is 10. The van der Waals surface area contributed by atoms with Crippen LogP contribution in [-0.2, 0) is 19.1 Å². The molecule has 0 aromatic carbocycles. The van der Waals surface area contributed by atoms with Crippen molar-refractivity contribution in [1.82, 2.24) is 9.80 Å². The normalized spacial score (nSPS) is 10.8. The van der Waals surface area contributed by atoms with Crippen LogP contribution in [0.5, 0.6) is 0 Å². The van der Waals surface area contributed by atoms with Gasteiger partial charge in [0.15, 0.2) is 0 Å². The van der Waals surface area contributed by atoms with E-state index in [1.54, 1.807) is 0 Å². The van der Waals surface area contributed by atoms with Gasteiger partial charge in [0.05, 0.1) is 13.0 Å². The van der Waals surface area contributed by atoms with Gasteiger partial charge in [-0.05, 0) is 27.6 Å². The molecule has 0 aromatic heterocycles. The number of esters is 2. The van der Waals surface area contributed by atoms with E-state index in [1.807, 2.05) is 26.0 Å². The van der Waals surface area contributed by atoms with Crippen molar-refractivity contribution in [2.24, 2.45) is 0 Å². The van der Waals surface area contributed by atoms with Gasteiger partial charge in [-0.1, -0.05) is 0 Å². The van der Waals surface area contributed by atoms with Gasteiger partial charge in [-0.15, -0.1) is 0 Å². The molecule has 0 saturated carbocycles. The fourth-order valence-corrected chi connectivity index (χ4v) is 1.38. The Bertz CT molecular complexity index is 269. The molecule has 112 valence electrons. The van der Waals surface area contributed by atoms with E-state index < -0.39 is 0 Å². The van der Waals surface area contributed by atoms with Gasteiger partial charge < -0.3 is 19.3 Å². The first-order valence-electron chi connectivity index (χ1n) is 6.54. The Labute approximate surface area is 115 Å². The van der Waals surface area contributed by atoms with Crippen LogP contribution in [0.25, 0.3) is 0 Å². The average molecular weight is 274 g/mol.